The number of anilines is 1. The van der Waals surface area contributed by atoms with Crippen molar-refractivity contribution in [2.45, 2.75) is 31.1 Å². The maximum atomic E-state index is 12.5. The Morgan fingerprint density at radius 2 is 1.70 bits per heavy atom. The Kier molecular flexibility index (Phi) is 7.12. The molecule has 0 atom stereocenters. The van der Waals surface area contributed by atoms with Crippen LogP contribution in [-0.2, 0) is 26.0 Å². The molecule has 3 rings (SSSR count). The van der Waals surface area contributed by atoms with Gasteiger partial charge in [-0.25, -0.2) is 8.42 Å². The molecule has 160 valence electrons. The van der Waals surface area contributed by atoms with Crippen molar-refractivity contribution < 1.29 is 18.0 Å². The Morgan fingerprint density at radius 3 is 2.33 bits per heavy atom. The molecule has 0 saturated carbocycles. The van der Waals surface area contributed by atoms with Gasteiger partial charge in [0.25, 0.3) is 0 Å². The van der Waals surface area contributed by atoms with Gasteiger partial charge >= 0.3 is 11.8 Å². The number of carbonyl (C=O) groups is 2. The molecular formula is C21H24ClN3O4S. The molecule has 0 spiro atoms. The van der Waals surface area contributed by atoms with Crippen LogP contribution in [-0.4, -0.2) is 44.2 Å². The maximum absolute atomic E-state index is 12.5. The van der Waals surface area contributed by atoms with Crippen LogP contribution in [0, 0.1) is 6.92 Å². The smallest absolute Gasteiger partial charge is 0.313 e. The van der Waals surface area contributed by atoms with Crippen LogP contribution in [0.5, 0.6) is 0 Å². The first-order valence-corrected chi connectivity index (χ1v) is 11.5. The lowest BCUT2D eigenvalue weighted by Gasteiger charge is -2.15. The van der Waals surface area contributed by atoms with E-state index in [1.807, 2.05) is 0 Å². The largest absolute Gasteiger partial charge is 0.347 e. The first-order valence-electron chi connectivity index (χ1n) is 9.72. The van der Waals surface area contributed by atoms with Crippen molar-refractivity contribution >= 4 is 39.1 Å². The van der Waals surface area contributed by atoms with Gasteiger partial charge < -0.3 is 10.6 Å². The van der Waals surface area contributed by atoms with Gasteiger partial charge in [0.05, 0.1) is 4.90 Å². The molecule has 0 bridgehead atoms. The highest BCUT2D eigenvalue weighted by atomic mass is 35.5. The van der Waals surface area contributed by atoms with Crippen molar-refractivity contribution in [3.63, 3.8) is 0 Å². The van der Waals surface area contributed by atoms with E-state index in [0.717, 1.165) is 24.0 Å². The zero-order valence-electron chi connectivity index (χ0n) is 16.7. The summed E-state index contributed by atoms with van der Waals surface area (Å²) in [6.07, 6.45) is 2.26. The van der Waals surface area contributed by atoms with Gasteiger partial charge in [0.1, 0.15) is 0 Å². The summed E-state index contributed by atoms with van der Waals surface area (Å²) in [7, 11) is -3.43. The van der Waals surface area contributed by atoms with Crippen LogP contribution in [0.1, 0.15) is 24.0 Å². The molecule has 2 aromatic rings. The van der Waals surface area contributed by atoms with Crippen LogP contribution in [0.25, 0.3) is 0 Å². The summed E-state index contributed by atoms with van der Waals surface area (Å²) < 4.78 is 26.6. The average Bonchev–Trinajstić information content (AvgIpc) is 3.26. The van der Waals surface area contributed by atoms with Crippen LogP contribution in [0.4, 0.5) is 5.69 Å². The summed E-state index contributed by atoms with van der Waals surface area (Å²) in [5.74, 6) is -1.50. The van der Waals surface area contributed by atoms with Gasteiger partial charge in [-0.2, -0.15) is 4.31 Å². The maximum Gasteiger partial charge on any atom is 0.313 e. The number of amides is 2. The molecule has 7 nitrogen and oxygen atoms in total. The summed E-state index contributed by atoms with van der Waals surface area (Å²) in [5, 5.41) is 5.67. The number of rotatable bonds is 6. The predicted octanol–water partition coefficient (Wildman–Crippen LogP) is 2.73. The van der Waals surface area contributed by atoms with Crippen molar-refractivity contribution in [2.24, 2.45) is 0 Å². The third-order valence-electron chi connectivity index (χ3n) is 4.97. The van der Waals surface area contributed by atoms with E-state index in [4.69, 9.17) is 11.6 Å². The zero-order valence-corrected chi connectivity index (χ0v) is 18.2. The number of aryl methyl sites for hydroxylation is 1. The number of halogens is 1. The number of sulfonamides is 1. The second-order valence-corrected chi connectivity index (χ2v) is 9.55. The molecule has 1 fully saturated rings. The van der Waals surface area contributed by atoms with E-state index in [1.54, 1.807) is 49.4 Å². The lowest BCUT2D eigenvalue weighted by atomic mass is 10.1. The second-order valence-electron chi connectivity index (χ2n) is 7.17. The predicted molar refractivity (Wildman–Crippen MR) is 116 cm³/mol. The van der Waals surface area contributed by atoms with Crippen molar-refractivity contribution in [2.75, 3.05) is 25.0 Å². The molecule has 9 heteroatoms. The standard InChI is InChI=1S/C21H24ClN3O4S/c1-15-14-17(22)6-9-19(15)24-21(27)20(26)23-11-10-16-4-7-18(8-5-16)30(28,29)25-12-2-3-13-25/h4-9,14H,2-3,10-13H2,1H3,(H,23,26)(H,24,27). The number of nitrogens with one attached hydrogen (secondary N) is 2. The first kappa shape index (κ1) is 22.3. The summed E-state index contributed by atoms with van der Waals surface area (Å²) in [4.78, 5) is 24.3. The SMILES string of the molecule is Cc1cc(Cl)ccc1NC(=O)C(=O)NCCc1ccc(S(=O)(=O)N2CCCC2)cc1. The van der Waals surface area contributed by atoms with Crippen molar-refractivity contribution in [1.29, 1.82) is 0 Å². The van der Waals surface area contributed by atoms with Crippen LogP contribution in [0.2, 0.25) is 5.02 Å². The number of hydrogen-bond acceptors (Lipinski definition) is 4. The molecular weight excluding hydrogens is 426 g/mol. The Balaban J connectivity index is 1.49. The Hall–Kier alpha value is -2.42. The highest BCUT2D eigenvalue weighted by Crippen LogP contribution is 2.21. The second kappa shape index (κ2) is 9.59. The van der Waals surface area contributed by atoms with Crippen LogP contribution in [0.3, 0.4) is 0 Å². The van der Waals surface area contributed by atoms with Gasteiger partial charge in [0, 0.05) is 30.3 Å². The van der Waals surface area contributed by atoms with E-state index >= 15 is 0 Å². The van der Waals surface area contributed by atoms with Gasteiger partial charge in [-0.05, 0) is 67.6 Å². The average molecular weight is 450 g/mol. The number of carbonyl (C=O) groups excluding carboxylic acids is 2. The Bertz CT molecular complexity index is 1030. The lowest BCUT2D eigenvalue weighted by molar-refractivity contribution is -0.136. The molecule has 2 amide bonds. The molecule has 2 aromatic carbocycles. The number of nitrogens with zero attached hydrogens (tertiary/aromatic N) is 1. The lowest BCUT2D eigenvalue weighted by Crippen LogP contribution is -2.36. The Labute approximate surface area is 181 Å². The first-order chi connectivity index (χ1) is 14.3. The van der Waals surface area contributed by atoms with E-state index in [0.29, 0.717) is 30.2 Å². The zero-order chi connectivity index (χ0) is 21.7. The van der Waals surface area contributed by atoms with Gasteiger partial charge in [0.15, 0.2) is 0 Å². The topological polar surface area (TPSA) is 95.6 Å². The fraction of sp³-hybridized carbons (Fsp3) is 0.333. The number of benzene rings is 2. The normalized spacial score (nSPS) is 14.5. The third kappa shape index (κ3) is 5.38. The fourth-order valence-electron chi connectivity index (χ4n) is 3.25. The molecule has 0 radical (unpaired) electrons. The Morgan fingerprint density at radius 1 is 1.03 bits per heavy atom. The third-order valence-corrected chi connectivity index (χ3v) is 7.12. The van der Waals surface area contributed by atoms with E-state index in [9.17, 15) is 18.0 Å². The monoisotopic (exact) mass is 449 g/mol. The van der Waals surface area contributed by atoms with Crippen molar-refractivity contribution in [1.82, 2.24) is 9.62 Å². The minimum absolute atomic E-state index is 0.254. The van der Waals surface area contributed by atoms with Gasteiger partial charge in [-0.1, -0.05) is 23.7 Å². The van der Waals surface area contributed by atoms with E-state index in [2.05, 4.69) is 10.6 Å². The molecule has 2 N–H and O–H groups in total. The minimum Gasteiger partial charge on any atom is -0.347 e. The van der Waals surface area contributed by atoms with Crippen LogP contribution in [0.15, 0.2) is 47.4 Å². The van der Waals surface area contributed by atoms with E-state index in [1.165, 1.54) is 4.31 Å². The van der Waals surface area contributed by atoms with Gasteiger partial charge in [-0.3, -0.25) is 9.59 Å². The molecule has 1 aliphatic heterocycles. The summed E-state index contributed by atoms with van der Waals surface area (Å²) in [6.45, 7) is 3.17. The highest BCUT2D eigenvalue weighted by Gasteiger charge is 2.26. The van der Waals surface area contributed by atoms with Crippen LogP contribution >= 0.6 is 11.6 Å². The van der Waals surface area contributed by atoms with E-state index in [-0.39, 0.29) is 11.4 Å². The molecule has 0 unspecified atom stereocenters. The van der Waals surface area contributed by atoms with Crippen LogP contribution < -0.4 is 10.6 Å². The summed E-state index contributed by atoms with van der Waals surface area (Å²) >= 11 is 5.88. The summed E-state index contributed by atoms with van der Waals surface area (Å²) in [6, 6.07) is 11.6. The van der Waals surface area contributed by atoms with Gasteiger partial charge in [0.2, 0.25) is 10.0 Å². The number of hydrogen-bond donors (Lipinski definition) is 2. The summed E-state index contributed by atoms with van der Waals surface area (Å²) in [5.41, 5.74) is 2.14. The quantitative estimate of drug-likeness (QED) is 0.663. The molecule has 1 saturated heterocycles. The molecule has 30 heavy (non-hydrogen) atoms. The molecule has 0 aliphatic carbocycles. The minimum atomic E-state index is -3.43. The molecule has 1 aliphatic rings. The van der Waals surface area contributed by atoms with Gasteiger partial charge in [-0.15, -0.1) is 0 Å². The van der Waals surface area contributed by atoms with E-state index < -0.39 is 21.8 Å². The van der Waals surface area contributed by atoms with Crippen molar-refractivity contribution in [3.05, 3.63) is 58.6 Å². The molecule has 1 heterocycles. The molecule has 0 aromatic heterocycles. The fourth-order valence-corrected chi connectivity index (χ4v) is 5.00. The van der Waals surface area contributed by atoms with Crippen molar-refractivity contribution in [3.8, 4) is 0 Å². The highest BCUT2D eigenvalue weighted by molar-refractivity contribution is 7.89.